The summed E-state index contributed by atoms with van der Waals surface area (Å²) in [6.45, 7) is 0.480. The summed E-state index contributed by atoms with van der Waals surface area (Å²) in [6, 6.07) is 9.37. The number of hydrogen-bond donors (Lipinski definition) is 2. The Balaban J connectivity index is 2.16. The van der Waals surface area contributed by atoms with Crippen molar-refractivity contribution in [2.75, 3.05) is 0 Å². The van der Waals surface area contributed by atoms with Gasteiger partial charge in [-0.25, -0.2) is 8.78 Å². The molecule has 0 saturated carbocycles. The van der Waals surface area contributed by atoms with Crippen LogP contribution >= 0.6 is 15.9 Å². The number of carbonyl (C=O) groups is 1. The zero-order valence-corrected chi connectivity index (χ0v) is 12.6. The Morgan fingerprint density at radius 1 is 1.14 bits per heavy atom. The van der Waals surface area contributed by atoms with Gasteiger partial charge in [-0.1, -0.05) is 40.2 Å². The number of hydrogen-bond acceptors (Lipinski definition) is 2. The van der Waals surface area contributed by atoms with Crippen molar-refractivity contribution in [1.29, 1.82) is 0 Å². The molecule has 0 aliphatic rings. The third-order valence-corrected chi connectivity index (χ3v) is 3.47. The van der Waals surface area contributed by atoms with Gasteiger partial charge in [-0.05, 0) is 23.3 Å². The first kappa shape index (κ1) is 15.6. The normalized spacial score (nSPS) is 10.5. The van der Waals surface area contributed by atoms with Crippen LogP contribution in [0.4, 0.5) is 8.78 Å². The molecule has 2 aromatic rings. The Morgan fingerprint density at radius 3 is 2.29 bits per heavy atom. The molecule has 0 heterocycles. The minimum atomic E-state index is -0.911. The molecule has 0 spiro atoms. The lowest BCUT2D eigenvalue weighted by atomic mass is 10.1. The van der Waals surface area contributed by atoms with Crippen LogP contribution in [-0.2, 0) is 13.1 Å². The number of rotatable bonds is 4. The molecular formula is C15H13BrF2N2O. The van der Waals surface area contributed by atoms with Crippen molar-refractivity contribution in [2.24, 2.45) is 5.73 Å². The highest BCUT2D eigenvalue weighted by molar-refractivity contribution is 9.10. The fourth-order valence-electron chi connectivity index (χ4n) is 1.95. The molecule has 2 aromatic carbocycles. The summed E-state index contributed by atoms with van der Waals surface area (Å²) in [6.07, 6.45) is 0. The topological polar surface area (TPSA) is 55.1 Å². The van der Waals surface area contributed by atoms with Crippen LogP contribution in [0.25, 0.3) is 0 Å². The third kappa shape index (κ3) is 3.65. The van der Waals surface area contributed by atoms with Crippen LogP contribution in [0.15, 0.2) is 40.9 Å². The highest BCUT2D eigenvalue weighted by Crippen LogP contribution is 2.19. The predicted molar refractivity (Wildman–Crippen MR) is 79.6 cm³/mol. The molecule has 0 unspecified atom stereocenters. The summed E-state index contributed by atoms with van der Waals surface area (Å²) in [7, 11) is 0. The molecule has 6 heteroatoms. The monoisotopic (exact) mass is 354 g/mol. The van der Waals surface area contributed by atoms with Gasteiger partial charge in [0.1, 0.15) is 17.2 Å². The van der Waals surface area contributed by atoms with E-state index in [0.717, 1.165) is 23.3 Å². The number of nitrogens with one attached hydrogen (secondary N) is 1. The first-order valence-corrected chi connectivity index (χ1v) is 7.02. The van der Waals surface area contributed by atoms with Crippen molar-refractivity contribution >= 4 is 21.8 Å². The second-order valence-corrected chi connectivity index (χ2v) is 5.32. The van der Waals surface area contributed by atoms with Crippen LogP contribution in [0.1, 0.15) is 21.5 Å². The molecule has 0 atom stereocenters. The van der Waals surface area contributed by atoms with E-state index in [-0.39, 0.29) is 11.0 Å². The lowest BCUT2D eigenvalue weighted by Gasteiger charge is -2.10. The minimum Gasteiger partial charge on any atom is -0.348 e. The van der Waals surface area contributed by atoms with Crippen LogP contribution in [0.2, 0.25) is 0 Å². The largest absolute Gasteiger partial charge is 0.348 e. The molecule has 0 radical (unpaired) electrons. The Hall–Kier alpha value is -1.79. The zero-order chi connectivity index (χ0) is 15.4. The smallest absolute Gasteiger partial charge is 0.257 e. The molecule has 110 valence electrons. The van der Waals surface area contributed by atoms with E-state index in [1.54, 1.807) is 12.1 Å². The van der Waals surface area contributed by atoms with E-state index in [1.807, 2.05) is 12.1 Å². The van der Waals surface area contributed by atoms with E-state index in [0.29, 0.717) is 6.54 Å². The van der Waals surface area contributed by atoms with Crippen LogP contribution in [0.5, 0.6) is 0 Å². The summed E-state index contributed by atoms with van der Waals surface area (Å²) in [4.78, 5) is 11.9. The standard InChI is InChI=1S/C15H13BrF2N2O/c16-11-5-12(17)14(13(18)6-11)15(21)20-8-10-4-2-1-3-9(10)7-19/h1-6H,7-8,19H2,(H,20,21). The van der Waals surface area contributed by atoms with Crippen LogP contribution in [0.3, 0.4) is 0 Å². The summed E-state index contributed by atoms with van der Waals surface area (Å²) >= 11 is 2.97. The van der Waals surface area contributed by atoms with Gasteiger partial charge < -0.3 is 11.1 Å². The SMILES string of the molecule is NCc1ccccc1CNC(=O)c1c(F)cc(Br)cc1F. The van der Waals surface area contributed by atoms with Gasteiger partial charge in [-0.15, -0.1) is 0 Å². The number of amides is 1. The van der Waals surface area contributed by atoms with Crippen LogP contribution < -0.4 is 11.1 Å². The average Bonchev–Trinajstić information content (AvgIpc) is 2.44. The maximum Gasteiger partial charge on any atom is 0.257 e. The van der Waals surface area contributed by atoms with E-state index >= 15 is 0 Å². The number of halogens is 3. The molecule has 0 fully saturated rings. The Labute approximate surface area is 129 Å². The highest BCUT2D eigenvalue weighted by atomic mass is 79.9. The quantitative estimate of drug-likeness (QED) is 0.886. The molecule has 2 rings (SSSR count). The molecule has 0 bridgehead atoms. The molecule has 3 N–H and O–H groups in total. The average molecular weight is 355 g/mol. The van der Waals surface area contributed by atoms with Crippen molar-refractivity contribution in [3.63, 3.8) is 0 Å². The van der Waals surface area contributed by atoms with E-state index in [2.05, 4.69) is 21.2 Å². The number of benzene rings is 2. The van der Waals surface area contributed by atoms with Crippen molar-refractivity contribution in [3.05, 3.63) is 69.2 Å². The Morgan fingerprint density at radius 2 is 1.71 bits per heavy atom. The van der Waals surface area contributed by atoms with E-state index in [9.17, 15) is 13.6 Å². The van der Waals surface area contributed by atoms with Crippen molar-refractivity contribution in [3.8, 4) is 0 Å². The molecule has 0 aromatic heterocycles. The molecule has 0 aliphatic carbocycles. The fraction of sp³-hybridized carbons (Fsp3) is 0.133. The van der Waals surface area contributed by atoms with Crippen molar-refractivity contribution < 1.29 is 13.6 Å². The van der Waals surface area contributed by atoms with E-state index in [1.165, 1.54) is 0 Å². The van der Waals surface area contributed by atoms with Gasteiger partial charge in [0.05, 0.1) is 0 Å². The van der Waals surface area contributed by atoms with E-state index in [4.69, 9.17) is 5.73 Å². The first-order valence-electron chi connectivity index (χ1n) is 6.22. The molecule has 21 heavy (non-hydrogen) atoms. The van der Waals surface area contributed by atoms with Gasteiger partial charge >= 0.3 is 0 Å². The molecule has 1 amide bonds. The Kier molecular flexibility index (Phi) is 5.03. The maximum absolute atomic E-state index is 13.7. The van der Waals surface area contributed by atoms with Gasteiger partial charge in [-0.2, -0.15) is 0 Å². The van der Waals surface area contributed by atoms with Crippen LogP contribution in [0, 0.1) is 11.6 Å². The van der Waals surface area contributed by atoms with Crippen molar-refractivity contribution in [1.82, 2.24) is 5.32 Å². The van der Waals surface area contributed by atoms with Crippen molar-refractivity contribution in [2.45, 2.75) is 13.1 Å². The second kappa shape index (κ2) is 6.78. The lowest BCUT2D eigenvalue weighted by molar-refractivity contribution is 0.0942. The molecular weight excluding hydrogens is 342 g/mol. The molecule has 3 nitrogen and oxygen atoms in total. The molecule has 0 saturated heterocycles. The van der Waals surface area contributed by atoms with Crippen LogP contribution in [-0.4, -0.2) is 5.91 Å². The fourth-order valence-corrected chi connectivity index (χ4v) is 2.35. The van der Waals surface area contributed by atoms with Gasteiger partial charge in [0, 0.05) is 17.6 Å². The summed E-state index contributed by atoms with van der Waals surface area (Å²) < 4.78 is 27.6. The van der Waals surface area contributed by atoms with E-state index < -0.39 is 23.1 Å². The predicted octanol–water partition coefficient (Wildman–Crippen LogP) is 3.12. The van der Waals surface area contributed by atoms with Gasteiger partial charge in [0.25, 0.3) is 5.91 Å². The highest BCUT2D eigenvalue weighted by Gasteiger charge is 2.18. The second-order valence-electron chi connectivity index (χ2n) is 4.40. The summed E-state index contributed by atoms with van der Waals surface area (Å²) in [5.41, 5.74) is 6.68. The van der Waals surface area contributed by atoms with Gasteiger partial charge in [-0.3, -0.25) is 4.79 Å². The first-order chi connectivity index (χ1) is 10.0. The zero-order valence-electron chi connectivity index (χ0n) is 11.0. The maximum atomic E-state index is 13.7. The van der Waals surface area contributed by atoms with Gasteiger partial charge in [0.2, 0.25) is 0 Å². The number of nitrogens with two attached hydrogens (primary N) is 1. The Bertz CT molecular complexity index is 653. The summed E-state index contributed by atoms with van der Waals surface area (Å²) in [5.74, 6) is -2.62. The summed E-state index contributed by atoms with van der Waals surface area (Å²) in [5, 5.41) is 2.50. The number of carbonyl (C=O) groups excluding carboxylic acids is 1. The lowest BCUT2D eigenvalue weighted by Crippen LogP contribution is -2.25. The van der Waals surface area contributed by atoms with Gasteiger partial charge in [0.15, 0.2) is 0 Å². The minimum absolute atomic E-state index is 0.154. The molecule has 0 aliphatic heterocycles. The third-order valence-electron chi connectivity index (χ3n) is 3.01.